The van der Waals surface area contributed by atoms with Crippen LogP contribution in [0.5, 0.6) is 5.75 Å². The molecule has 1 rings (SSSR count). The van der Waals surface area contributed by atoms with E-state index in [1.54, 1.807) is 0 Å². The lowest BCUT2D eigenvalue weighted by atomic mass is 10.1. The van der Waals surface area contributed by atoms with E-state index in [4.69, 9.17) is 10.9 Å². The second-order valence-corrected chi connectivity index (χ2v) is 5.45. The third-order valence-corrected chi connectivity index (χ3v) is 3.06. The Bertz CT molecular complexity index is 542. The van der Waals surface area contributed by atoms with Gasteiger partial charge in [-0.3, -0.25) is 4.79 Å². The number of hydrogen-bond acceptors (Lipinski definition) is 5. The van der Waals surface area contributed by atoms with E-state index in [-0.39, 0.29) is 35.7 Å². The quantitative estimate of drug-likeness (QED) is 0.322. The lowest BCUT2D eigenvalue weighted by molar-refractivity contribution is 0.0951. The number of amides is 1. The van der Waals surface area contributed by atoms with Gasteiger partial charge in [0.05, 0.1) is 17.0 Å². The van der Waals surface area contributed by atoms with E-state index in [0.717, 1.165) is 0 Å². The molecule has 0 aliphatic rings. The third kappa shape index (κ3) is 4.22. The number of carbonyl (C=O) groups is 1. The Hall–Kier alpha value is -1.80. The topological polar surface area (TPSA) is 136 Å². The summed E-state index contributed by atoms with van der Waals surface area (Å²) in [7, 11) is -3.52. The Labute approximate surface area is 105 Å². The molecule has 0 fully saturated rings. The predicted octanol–water partition coefficient (Wildman–Crippen LogP) is -0.617. The molecule has 0 unspecified atom stereocenters. The van der Waals surface area contributed by atoms with Gasteiger partial charge in [0.25, 0.3) is 5.91 Å². The number of para-hydroxylation sites is 1. The van der Waals surface area contributed by atoms with Gasteiger partial charge in [-0.1, -0.05) is 6.07 Å². The summed E-state index contributed by atoms with van der Waals surface area (Å²) >= 11 is 0. The monoisotopic (exact) mass is 273 g/mol. The van der Waals surface area contributed by atoms with Crippen LogP contribution < -0.4 is 16.2 Å². The highest BCUT2D eigenvalue weighted by Crippen LogP contribution is 2.23. The molecule has 0 spiro atoms. The van der Waals surface area contributed by atoms with Crippen molar-refractivity contribution in [1.29, 1.82) is 0 Å². The smallest absolute Gasteiger partial charge is 0.255 e. The van der Waals surface area contributed by atoms with Crippen LogP contribution in [0.25, 0.3) is 0 Å². The highest BCUT2D eigenvalue weighted by Gasteiger charge is 2.12. The van der Waals surface area contributed by atoms with Crippen molar-refractivity contribution in [3.63, 3.8) is 0 Å². The van der Waals surface area contributed by atoms with Crippen LogP contribution in [0.1, 0.15) is 16.8 Å². The number of nitrogen functional groups attached to an aromatic ring is 1. The molecule has 1 aromatic carbocycles. The minimum atomic E-state index is -3.52. The molecule has 0 heterocycles. The summed E-state index contributed by atoms with van der Waals surface area (Å²) in [6.45, 7) is 0.142. The fraction of sp³-hybridized carbons (Fsp3) is 0.300. The van der Waals surface area contributed by atoms with Gasteiger partial charge < -0.3 is 16.2 Å². The Kier molecular flexibility index (Phi) is 4.51. The molecule has 0 saturated heterocycles. The fourth-order valence-corrected chi connectivity index (χ4v) is 1.86. The third-order valence-electron chi connectivity index (χ3n) is 2.20. The second-order valence-electron chi connectivity index (χ2n) is 3.72. The van der Waals surface area contributed by atoms with E-state index < -0.39 is 15.9 Å². The van der Waals surface area contributed by atoms with Crippen molar-refractivity contribution in [3.8, 4) is 5.75 Å². The molecule has 0 saturated carbocycles. The molecule has 1 aromatic rings. The molecule has 100 valence electrons. The van der Waals surface area contributed by atoms with E-state index in [1.807, 2.05) is 0 Å². The number of nitrogens with two attached hydrogens (primary N) is 2. The lowest BCUT2D eigenvalue weighted by Crippen LogP contribution is -2.27. The molecule has 0 aliphatic heterocycles. The minimum Gasteiger partial charge on any atom is -0.505 e. The van der Waals surface area contributed by atoms with Crippen LogP contribution in [0, 0.1) is 0 Å². The van der Waals surface area contributed by atoms with E-state index in [0.29, 0.717) is 0 Å². The molecular weight excluding hydrogens is 258 g/mol. The fourth-order valence-electron chi connectivity index (χ4n) is 1.32. The summed E-state index contributed by atoms with van der Waals surface area (Å²) in [5.74, 6) is -1.02. The van der Waals surface area contributed by atoms with E-state index >= 15 is 0 Å². The van der Waals surface area contributed by atoms with Crippen LogP contribution in [0.15, 0.2) is 18.2 Å². The molecule has 18 heavy (non-hydrogen) atoms. The van der Waals surface area contributed by atoms with Crippen LogP contribution in [0.3, 0.4) is 0 Å². The average Bonchev–Trinajstić information content (AvgIpc) is 2.26. The van der Waals surface area contributed by atoms with Crippen molar-refractivity contribution < 1.29 is 18.3 Å². The molecule has 1 amide bonds. The van der Waals surface area contributed by atoms with Crippen molar-refractivity contribution in [2.24, 2.45) is 5.14 Å². The zero-order chi connectivity index (χ0) is 13.8. The van der Waals surface area contributed by atoms with Gasteiger partial charge in [0, 0.05) is 6.54 Å². The van der Waals surface area contributed by atoms with Crippen molar-refractivity contribution in [2.45, 2.75) is 6.42 Å². The van der Waals surface area contributed by atoms with Gasteiger partial charge >= 0.3 is 0 Å². The number of benzene rings is 1. The zero-order valence-corrected chi connectivity index (χ0v) is 10.4. The maximum Gasteiger partial charge on any atom is 0.255 e. The normalized spacial score (nSPS) is 11.2. The van der Waals surface area contributed by atoms with E-state index in [9.17, 15) is 18.3 Å². The van der Waals surface area contributed by atoms with Crippen LogP contribution in [-0.4, -0.2) is 31.7 Å². The van der Waals surface area contributed by atoms with Crippen LogP contribution in [0.4, 0.5) is 5.69 Å². The maximum absolute atomic E-state index is 11.6. The Morgan fingerprint density at radius 2 is 2.06 bits per heavy atom. The SMILES string of the molecule is Nc1cccc(C(=O)NCCCS(N)(=O)=O)c1O. The van der Waals surface area contributed by atoms with Crippen LogP contribution in [-0.2, 0) is 10.0 Å². The Morgan fingerprint density at radius 1 is 1.39 bits per heavy atom. The maximum atomic E-state index is 11.6. The molecule has 0 radical (unpaired) electrons. The first-order chi connectivity index (χ1) is 8.31. The highest BCUT2D eigenvalue weighted by atomic mass is 32.2. The summed E-state index contributed by atoms with van der Waals surface area (Å²) in [4.78, 5) is 11.6. The first-order valence-electron chi connectivity index (χ1n) is 5.17. The van der Waals surface area contributed by atoms with Gasteiger partial charge in [-0.2, -0.15) is 0 Å². The number of rotatable bonds is 5. The van der Waals surface area contributed by atoms with Gasteiger partial charge in [-0.25, -0.2) is 13.6 Å². The molecule has 6 N–H and O–H groups in total. The number of phenols is 1. The van der Waals surface area contributed by atoms with E-state index in [1.165, 1.54) is 18.2 Å². The molecule has 0 aliphatic carbocycles. The van der Waals surface area contributed by atoms with Crippen molar-refractivity contribution in [2.75, 3.05) is 18.0 Å². The molecule has 0 bridgehead atoms. The van der Waals surface area contributed by atoms with E-state index in [2.05, 4.69) is 5.32 Å². The molecular formula is C10H15N3O4S. The first-order valence-corrected chi connectivity index (χ1v) is 6.89. The van der Waals surface area contributed by atoms with Crippen LogP contribution in [0.2, 0.25) is 0 Å². The summed E-state index contributed by atoms with van der Waals surface area (Å²) in [6, 6.07) is 4.42. The van der Waals surface area contributed by atoms with Crippen LogP contribution >= 0.6 is 0 Å². The van der Waals surface area contributed by atoms with Crippen molar-refractivity contribution in [1.82, 2.24) is 5.32 Å². The molecule has 8 heteroatoms. The lowest BCUT2D eigenvalue weighted by Gasteiger charge is -2.07. The van der Waals surface area contributed by atoms with Gasteiger partial charge in [0.2, 0.25) is 10.0 Å². The standard InChI is InChI=1S/C10H15N3O4S/c11-8-4-1-3-7(9(8)14)10(15)13-5-2-6-18(12,16)17/h1,3-4,14H,2,5-6,11H2,(H,13,15)(H2,12,16,17). The predicted molar refractivity (Wildman–Crippen MR) is 67.4 cm³/mol. The number of primary sulfonamides is 1. The Balaban J connectivity index is 2.54. The number of phenolic OH excluding ortho intramolecular Hbond substituents is 1. The van der Waals surface area contributed by atoms with Gasteiger partial charge in [0.15, 0.2) is 5.75 Å². The number of aromatic hydroxyl groups is 1. The number of anilines is 1. The van der Waals surface area contributed by atoms with Gasteiger partial charge in [0.1, 0.15) is 0 Å². The van der Waals surface area contributed by atoms with Gasteiger partial charge in [-0.05, 0) is 18.6 Å². The summed E-state index contributed by atoms with van der Waals surface area (Å²) in [6.07, 6.45) is 0.202. The number of sulfonamides is 1. The highest BCUT2D eigenvalue weighted by molar-refractivity contribution is 7.89. The molecule has 0 atom stereocenters. The van der Waals surface area contributed by atoms with Crippen molar-refractivity contribution in [3.05, 3.63) is 23.8 Å². The first kappa shape index (κ1) is 14.3. The second kappa shape index (κ2) is 5.69. The summed E-state index contributed by atoms with van der Waals surface area (Å²) in [5.41, 5.74) is 5.60. The number of hydrogen-bond donors (Lipinski definition) is 4. The summed E-state index contributed by atoms with van der Waals surface area (Å²) < 4.78 is 21.3. The zero-order valence-electron chi connectivity index (χ0n) is 9.59. The average molecular weight is 273 g/mol. The van der Waals surface area contributed by atoms with Crippen molar-refractivity contribution >= 4 is 21.6 Å². The number of carbonyl (C=O) groups excluding carboxylic acids is 1. The molecule has 0 aromatic heterocycles. The summed E-state index contributed by atoms with van der Waals surface area (Å²) in [5, 5.41) is 16.8. The number of nitrogens with one attached hydrogen (secondary N) is 1. The molecule has 7 nitrogen and oxygen atoms in total. The van der Waals surface area contributed by atoms with Gasteiger partial charge in [-0.15, -0.1) is 0 Å². The largest absolute Gasteiger partial charge is 0.505 e. The Morgan fingerprint density at radius 3 is 2.67 bits per heavy atom. The minimum absolute atomic E-state index is 0.0469.